The van der Waals surface area contributed by atoms with Crippen LogP contribution >= 0.6 is 0 Å². The maximum absolute atomic E-state index is 9.01. The van der Waals surface area contributed by atoms with Crippen LogP contribution in [0.15, 0.2) is 47.1 Å². The third-order valence-electron chi connectivity index (χ3n) is 3.39. The standard InChI is InChI=1S/C16H9NO3/c17-7-10-1-3-14-12(5-10)13(8-18-14)11-2-4-15-16(6-11)20-9-19-15/h1-6,8H,9H2. The summed E-state index contributed by atoms with van der Waals surface area (Å²) in [5, 5.41) is 9.93. The van der Waals surface area contributed by atoms with E-state index in [2.05, 4.69) is 6.07 Å². The highest BCUT2D eigenvalue weighted by Crippen LogP contribution is 2.38. The first-order valence-corrected chi connectivity index (χ1v) is 6.16. The number of fused-ring (bicyclic) bond motifs is 2. The van der Waals surface area contributed by atoms with Crippen molar-refractivity contribution in [1.29, 1.82) is 5.26 Å². The van der Waals surface area contributed by atoms with Gasteiger partial charge in [0.2, 0.25) is 6.79 Å². The van der Waals surface area contributed by atoms with E-state index < -0.39 is 0 Å². The second-order valence-corrected chi connectivity index (χ2v) is 4.54. The zero-order valence-corrected chi connectivity index (χ0v) is 10.4. The van der Waals surface area contributed by atoms with Crippen molar-refractivity contribution in [3.8, 4) is 28.7 Å². The van der Waals surface area contributed by atoms with Crippen LogP contribution in [0.3, 0.4) is 0 Å². The van der Waals surface area contributed by atoms with Crippen molar-refractivity contribution >= 4 is 11.0 Å². The van der Waals surface area contributed by atoms with E-state index in [0.29, 0.717) is 5.56 Å². The molecule has 0 unspecified atom stereocenters. The normalized spacial score (nSPS) is 12.6. The number of benzene rings is 2. The van der Waals surface area contributed by atoms with E-state index >= 15 is 0 Å². The summed E-state index contributed by atoms with van der Waals surface area (Å²) in [6.07, 6.45) is 1.70. The van der Waals surface area contributed by atoms with Gasteiger partial charge in [-0.15, -0.1) is 0 Å². The van der Waals surface area contributed by atoms with Crippen LogP contribution in [0.5, 0.6) is 11.5 Å². The van der Waals surface area contributed by atoms with E-state index in [4.69, 9.17) is 19.2 Å². The van der Waals surface area contributed by atoms with Gasteiger partial charge in [0.1, 0.15) is 5.58 Å². The number of rotatable bonds is 1. The first-order chi connectivity index (χ1) is 9.85. The van der Waals surface area contributed by atoms with Crippen molar-refractivity contribution in [3.63, 3.8) is 0 Å². The number of hydrogen-bond donors (Lipinski definition) is 0. The van der Waals surface area contributed by atoms with Crippen molar-refractivity contribution in [1.82, 2.24) is 0 Å². The second-order valence-electron chi connectivity index (χ2n) is 4.54. The molecule has 20 heavy (non-hydrogen) atoms. The molecule has 4 nitrogen and oxygen atoms in total. The van der Waals surface area contributed by atoms with Gasteiger partial charge in [-0.25, -0.2) is 0 Å². The lowest BCUT2D eigenvalue weighted by molar-refractivity contribution is 0.174. The zero-order valence-electron chi connectivity index (χ0n) is 10.4. The molecule has 0 aliphatic carbocycles. The van der Waals surface area contributed by atoms with Crippen LogP contribution in [0.2, 0.25) is 0 Å². The Kier molecular flexibility index (Phi) is 2.21. The Bertz CT molecular complexity index is 858. The number of ether oxygens (including phenoxy) is 2. The minimum atomic E-state index is 0.253. The number of nitriles is 1. The molecule has 0 bridgehead atoms. The van der Waals surface area contributed by atoms with E-state index in [-0.39, 0.29) is 6.79 Å². The average Bonchev–Trinajstić information content (AvgIpc) is 3.11. The molecular weight excluding hydrogens is 254 g/mol. The number of hydrogen-bond acceptors (Lipinski definition) is 4. The summed E-state index contributed by atoms with van der Waals surface area (Å²) in [6, 6.07) is 13.3. The highest BCUT2D eigenvalue weighted by Gasteiger charge is 2.16. The summed E-state index contributed by atoms with van der Waals surface area (Å²) in [6.45, 7) is 0.253. The molecule has 2 heterocycles. The Hall–Kier alpha value is -2.93. The van der Waals surface area contributed by atoms with Crippen molar-refractivity contribution in [2.24, 2.45) is 0 Å². The summed E-state index contributed by atoms with van der Waals surface area (Å²) in [4.78, 5) is 0. The smallest absolute Gasteiger partial charge is 0.231 e. The molecule has 1 aromatic heterocycles. The van der Waals surface area contributed by atoms with Gasteiger partial charge in [-0.05, 0) is 35.9 Å². The van der Waals surface area contributed by atoms with Gasteiger partial charge in [-0.2, -0.15) is 5.26 Å². The van der Waals surface area contributed by atoms with Crippen LogP contribution in [0, 0.1) is 11.3 Å². The third-order valence-corrected chi connectivity index (χ3v) is 3.39. The molecule has 0 amide bonds. The molecule has 0 fully saturated rings. The molecule has 1 aliphatic heterocycles. The van der Waals surface area contributed by atoms with Crippen LogP contribution < -0.4 is 9.47 Å². The van der Waals surface area contributed by atoms with Gasteiger partial charge in [0.15, 0.2) is 11.5 Å². The van der Waals surface area contributed by atoms with Crippen LogP contribution in [0.25, 0.3) is 22.1 Å². The number of nitrogens with zero attached hydrogens (tertiary/aromatic N) is 1. The molecule has 2 aromatic carbocycles. The first-order valence-electron chi connectivity index (χ1n) is 6.16. The minimum Gasteiger partial charge on any atom is -0.464 e. The lowest BCUT2D eigenvalue weighted by Gasteiger charge is -2.01. The van der Waals surface area contributed by atoms with Crippen molar-refractivity contribution in [2.45, 2.75) is 0 Å². The molecular formula is C16H9NO3. The average molecular weight is 263 g/mol. The van der Waals surface area contributed by atoms with Gasteiger partial charge in [0.25, 0.3) is 0 Å². The molecule has 0 saturated heterocycles. The molecule has 4 rings (SSSR count). The molecule has 1 aliphatic rings. The van der Waals surface area contributed by atoms with E-state index in [1.54, 1.807) is 12.3 Å². The molecule has 0 atom stereocenters. The fourth-order valence-electron chi connectivity index (χ4n) is 2.39. The minimum absolute atomic E-state index is 0.253. The molecule has 0 N–H and O–H groups in total. The van der Waals surface area contributed by atoms with Crippen molar-refractivity contribution in [2.75, 3.05) is 6.79 Å². The molecule has 4 heteroatoms. The van der Waals surface area contributed by atoms with Gasteiger partial charge >= 0.3 is 0 Å². The zero-order chi connectivity index (χ0) is 13.5. The monoisotopic (exact) mass is 263 g/mol. The summed E-state index contributed by atoms with van der Waals surface area (Å²) in [5.41, 5.74) is 3.29. The van der Waals surface area contributed by atoms with Gasteiger partial charge in [0.05, 0.1) is 17.9 Å². The van der Waals surface area contributed by atoms with Gasteiger partial charge in [-0.1, -0.05) is 6.07 Å². The van der Waals surface area contributed by atoms with Gasteiger partial charge in [0, 0.05) is 10.9 Å². The fraction of sp³-hybridized carbons (Fsp3) is 0.0625. The van der Waals surface area contributed by atoms with Crippen LogP contribution in [-0.4, -0.2) is 6.79 Å². The van der Waals surface area contributed by atoms with Gasteiger partial charge < -0.3 is 13.9 Å². The maximum Gasteiger partial charge on any atom is 0.231 e. The van der Waals surface area contributed by atoms with Crippen molar-refractivity contribution in [3.05, 3.63) is 48.2 Å². The molecule has 0 spiro atoms. The second kappa shape index (κ2) is 4.04. The van der Waals surface area contributed by atoms with E-state index in [0.717, 1.165) is 33.6 Å². The first kappa shape index (κ1) is 10.9. The summed E-state index contributed by atoms with van der Waals surface area (Å²) >= 11 is 0. The summed E-state index contributed by atoms with van der Waals surface area (Å²) < 4.78 is 16.2. The lowest BCUT2D eigenvalue weighted by Crippen LogP contribution is -1.92. The maximum atomic E-state index is 9.01. The highest BCUT2D eigenvalue weighted by atomic mass is 16.7. The van der Waals surface area contributed by atoms with E-state index in [9.17, 15) is 0 Å². The Morgan fingerprint density at radius 2 is 1.90 bits per heavy atom. The Labute approximate surface area is 114 Å². The number of furan rings is 1. The Balaban J connectivity index is 1.92. The van der Waals surface area contributed by atoms with Crippen LogP contribution in [-0.2, 0) is 0 Å². The van der Waals surface area contributed by atoms with E-state index in [1.807, 2.05) is 30.3 Å². The fourth-order valence-corrected chi connectivity index (χ4v) is 2.39. The Morgan fingerprint density at radius 3 is 2.80 bits per heavy atom. The molecule has 3 aromatic rings. The molecule has 0 radical (unpaired) electrons. The largest absolute Gasteiger partial charge is 0.464 e. The van der Waals surface area contributed by atoms with Crippen LogP contribution in [0.1, 0.15) is 5.56 Å². The van der Waals surface area contributed by atoms with Gasteiger partial charge in [-0.3, -0.25) is 0 Å². The predicted molar refractivity (Wildman–Crippen MR) is 72.5 cm³/mol. The predicted octanol–water partition coefficient (Wildman–Crippen LogP) is 3.70. The van der Waals surface area contributed by atoms with Crippen LogP contribution in [0.4, 0.5) is 0 Å². The summed E-state index contributed by atoms with van der Waals surface area (Å²) in [7, 11) is 0. The quantitative estimate of drug-likeness (QED) is 0.671. The highest BCUT2D eigenvalue weighted by molar-refractivity contribution is 5.95. The lowest BCUT2D eigenvalue weighted by atomic mass is 10.0. The third kappa shape index (κ3) is 1.54. The SMILES string of the molecule is N#Cc1ccc2occ(-c3ccc4c(c3)OCO4)c2c1. The van der Waals surface area contributed by atoms with E-state index in [1.165, 1.54) is 0 Å². The van der Waals surface area contributed by atoms with Crippen molar-refractivity contribution < 1.29 is 13.9 Å². The molecule has 0 saturated carbocycles. The molecule has 96 valence electrons. The summed E-state index contributed by atoms with van der Waals surface area (Å²) in [5.74, 6) is 1.48. The Morgan fingerprint density at radius 1 is 1.00 bits per heavy atom. The topological polar surface area (TPSA) is 55.4 Å².